The third-order valence-electron chi connectivity index (χ3n) is 5.07. The maximum absolute atomic E-state index is 14.3. The van der Waals surface area contributed by atoms with Gasteiger partial charge in [-0.25, -0.2) is 9.18 Å². The van der Waals surface area contributed by atoms with Crippen molar-refractivity contribution >= 4 is 40.3 Å². The van der Waals surface area contributed by atoms with E-state index in [4.69, 9.17) is 15.2 Å². The molecule has 5 N–H and O–H groups in total. The smallest absolute Gasteiger partial charge is 0.320 e. The summed E-state index contributed by atoms with van der Waals surface area (Å²) in [5.74, 6) is -2.42. The largest absolute Gasteiger partial charge is 0.471 e. The number of ether oxygens (including phenoxy) is 2. The van der Waals surface area contributed by atoms with E-state index in [2.05, 4.69) is 20.3 Å². The highest BCUT2D eigenvalue weighted by Crippen LogP contribution is 2.31. The summed E-state index contributed by atoms with van der Waals surface area (Å²) in [6.45, 7) is 4.60. The predicted octanol–water partition coefficient (Wildman–Crippen LogP) is 2.71. The summed E-state index contributed by atoms with van der Waals surface area (Å²) < 4.78 is 29.1. The van der Waals surface area contributed by atoms with Gasteiger partial charge in [-0.1, -0.05) is 6.92 Å². The lowest BCUT2D eigenvalue weighted by Crippen LogP contribution is -2.43. The number of benzene rings is 1. The minimum atomic E-state index is -0.951. The van der Waals surface area contributed by atoms with Crippen LogP contribution in [0.2, 0.25) is 0 Å². The molecule has 0 saturated heterocycles. The number of aromatic nitrogens is 1. The summed E-state index contributed by atoms with van der Waals surface area (Å²) in [7, 11) is 0. The van der Waals surface area contributed by atoms with E-state index in [0.29, 0.717) is 0 Å². The van der Waals surface area contributed by atoms with Crippen LogP contribution >= 0.6 is 11.5 Å². The third-order valence-corrected chi connectivity index (χ3v) is 5.82. The molecule has 1 aromatic heterocycles. The van der Waals surface area contributed by atoms with E-state index in [-0.39, 0.29) is 59.1 Å². The van der Waals surface area contributed by atoms with E-state index >= 15 is 0 Å². The van der Waals surface area contributed by atoms with Crippen LogP contribution in [0.25, 0.3) is 0 Å². The molecule has 194 valence electrons. The normalized spacial score (nSPS) is 13.0. The van der Waals surface area contributed by atoms with Crippen LogP contribution in [-0.2, 0) is 16.1 Å². The van der Waals surface area contributed by atoms with Gasteiger partial charge < -0.3 is 25.8 Å². The van der Waals surface area contributed by atoms with Crippen LogP contribution in [0.3, 0.4) is 0 Å². The number of nitrogens with one attached hydrogen (secondary N) is 3. The second-order valence-corrected chi connectivity index (χ2v) is 9.57. The van der Waals surface area contributed by atoms with Crippen molar-refractivity contribution in [3.63, 3.8) is 0 Å². The van der Waals surface area contributed by atoms with Gasteiger partial charge in [0.1, 0.15) is 28.6 Å². The fourth-order valence-electron chi connectivity index (χ4n) is 3.00. The van der Waals surface area contributed by atoms with Gasteiger partial charge in [-0.3, -0.25) is 19.7 Å². The lowest BCUT2D eigenvalue weighted by atomic mass is 10.1. The van der Waals surface area contributed by atoms with Gasteiger partial charge in [-0.05, 0) is 56.4 Å². The first-order valence-corrected chi connectivity index (χ1v) is 12.0. The van der Waals surface area contributed by atoms with Gasteiger partial charge in [0.2, 0.25) is 5.88 Å². The van der Waals surface area contributed by atoms with E-state index in [1.54, 1.807) is 20.8 Å². The molecular formula is C23H28FN5O6S. The Morgan fingerprint density at radius 3 is 2.61 bits per heavy atom. The number of hydrogen-bond donors (Lipinski definition) is 4. The van der Waals surface area contributed by atoms with Crippen molar-refractivity contribution in [2.75, 3.05) is 11.9 Å². The maximum Gasteiger partial charge on any atom is 0.320 e. The van der Waals surface area contributed by atoms with Crippen molar-refractivity contribution < 1.29 is 33.0 Å². The standard InChI is InChI=1S/C23H28FN5O6S/c1-4-16(30)35-23(2,3)11-26-22(33)28-21-17(18(25)31)20(29-36-21)34-10-13-9-12(5-8-15(13)24)19(32)27-14-6-7-14/h5,8-9,14H,4,6-7,10-11H2,1-3H3,(H2,25,31)(H,27,32)(H2,26,28,33). The van der Waals surface area contributed by atoms with Crippen LogP contribution in [0.4, 0.5) is 14.2 Å². The summed E-state index contributed by atoms with van der Waals surface area (Å²) in [6, 6.07) is 3.36. The quantitative estimate of drug-likeness (QED) is 0.331. The number of carbonyl (C=O) groups is 4. The number of primary amides is 1. The van der Waals surface area contributed by atoms with Crippen LogP contribution < -0.4 is 26.4 Å². The molecule has 1 aliphatic carbocycles. The van der Waals surface area contributed by atoms with Crippen LogP contribution in [0.15, 0.2) is 18.2 Å². The van der Waals surface area contributed by atoms with Crippen molar-refractivity contribution in [2.24, 2.45) is 5.73 Å². The molecule has 2 aromatic rings. The Hall–Kier alpha value is -3.74. The van der Waals surface area contributed by atoms with Crippen LogP contribution in [-0.4, -0.2) is 46.4 Å². The molecule has 0 spiro atoms. The minimum Gasteiger partial charge on any atom is -0.471 e. The molecule has 1 fully saturated rings. The fourth-order valence-corrected chi connectivity index (χ4v) is 3.74. The number of nitrogens with two attached hydrogens (primary N) is 1. The first kappa shape index (κ1) is 26.9. The molecule has 0 radical (unpaired) electrons. The molecule has 1 heterocycles. The van der Waals surface area contributed by atoms with E-state index in [1.807, 2.05) is 0 Å². The maximum atomic E-state index is 14.3. The number of hydrogen-bond acceptors (Lipinski definition) is 8. The van der Waals surface area contributed by atoms with E-state index in [9.17, 15) is 23.6 Å². The molecule has 0 unspecified atom stereocenters. The molecule has 13 heteroatoms. The predicted molar refractivity (Wildman–Crippen MR) is 129 cm³/mol. The average molecular weight is 522 g/mol. The Balaban J connectivity index is 1.64. The van der Waals surface area contributed by atoms with Gasteiger partial charge in [0, 0.05) is 23.6 Å². The zero-order valence-electron chi connectivity index (χ0n) is 20.1. The molecule has 1 aromatic carbocycles. The van der Waals surface area contributed by atoms with Crippen molar-refractivity contribution in [1.29, 1.82) is 0 Å². The van der Waals surface area contributed by atoms with Gasteiger partial charge in [-0.15, -0.1) is 0 Å². The number of carbonyl (C=O) groups excluding carboxylic acids is 4. The summed E-state index contributed by atoms with van der Waals surface area (Å²) >= 11 is 0.751. The lowest BCUT2D eigenvalue weighted by Gasteiger charge is -2.25. The molecule has 36 heavy (non-hydrogen) atoms. The molecular weight excluding hydrogens is 493 g/mol. The summed E-state index contributed by atoms with van der Waals surface area (Å²) in [5.41, 5.74) is 4.68. The summed E-state index contributed by atoms with van der Waals surface area (Å²) in [5, 5.41) is 7.86. The molecule has 0 aliphatic heterocycles. The van der Waals surface area contributed by atoms with Crippen LogP contribution in [0, 0.1) is 5.82 Å². The van der Waals surface area contributed by atoms with Crippen molar-refractivity contribution in [1.82, 2.24) is 15.0 Å². The Morgan fingerprint density at radius 2 is 1.97 bits per heavy atom. The van der Waals surface area contributed by atoms with Gasteiger partial charge in [0.25, 0.3) is 11.8 Å². The number of amides is 4. The fraction of sp³-hybridized carbons (Fsp3) is 0.435. The van der Waals surface area contributed by atoms with E-state index in [0.717, 1.165) is 30.4 Å². The number of urea groups is 1. The number of nitrogens with zero attached hydrogens (tertiary/aromatic N) is 1. The van der Waals surface area contributed by atoms with E-state index in [1.165, 1.54) is 12.1 Å². The van der Waals surface area contributed by atoms with Gasteiger partial charge in [0.05, 0.1) is 6.54 Å². The highest BCUT2D eigenvalue weighted by atomic mass is 32.1. The van der Waals surface area contributed by atoms with Crippen molar-refractivity contribution in [2.45, 2.75) is 58.3 Å². The van der Waals surface area contributed by atoms with Crippen LogP contribution in [0.1, 0.15) is 66.3 Å². The topological polar surface area (TPSA) is 162 Å². The number of halogens is 1. The molecule has 0 atom stereocenters. The molecule has 4 amide bonds. The SMILES string of the molecule is CCC(=O)OC(C)(C)CNC(=O)Nc1snc(OCc2cc(C(=O)NC3CC3)ccc2F)c1C(N)=O. The van der Waals surface area contributed by atoms with Crippen LogP contribution in [0.5, 0.6) is 5.88 Å². The van der Waals surface area contributed by atoms with E-state index < -0.39 is 29.3 Å². The Labute approximate surface area is 211 Å². The summed E-state index contributed by atoms with van der Waals surface area (Å²) in [6.07, 6.45) is 2.03. The second-order valence-electron chi connectivity index (χ2n) is 8.79. The van der Waals surface area contributed by atoms with Gasteiger partial charge >= 0.3 is 12.0 Å². The lowest BCUT2D eigenvalue weighted by molar-refractivity contribution is -0.155. The van der Waals surface area contributed by atoms with Crippen molar-refractivity contribution in [3.8, 4) is 5.88 Å². The Bertz CT molecular complexity index is 1160. The second kappa shape index (κ2) is 11.3. The highest BCUT2D eigenvalue weighted by molar-refractivity contribution is 7.11. The first-order valence-electron chi connectivity index (χ1n) is 11.3. The van der Waals surface area contributed by atoms with Gasteiger partial charge in [0.15, 0.2) is 0 Å². The van der Waals surface area contributed by atoms with Gasteiger partial charge in [-0.2, -0.15) is 4.37 Å². The zero-order chi connectivity index (χ0) is 26.5. The monoisotopic (exact) mass is 521 g/mol. The Kier molecular flexibility index (Phi) is 8.45. The highest BCUT2D eigenvalue weighted by Gasteiger charge is 2.26. The zero-order valence-corrected chi connectivity index (χ0v) is 20.9. The summed E-state index contributed by atoms with van der Waals surface area (Å²) in [4.78, 5) is 48.1. The molecule has 3 rings (SSSR count). The minimum absolute atomic E-state index is 0.00256. The molecule has 0 bridgehead atoms. The number of anilines is 1. The molecule has 11 nitrogen and oxygen atoms in total. The number of esters is 1. The average Bonchev–Trinajstić information content (AvgIpc) is 3.54. The van der Waals surface area contributed by atoms with Crippen molar-refractivity contribution in [3.05, 3.63) is 40.7 Å². The Morgan fingerprint density at radius 1 is 1.25 bits per heavy atom. The first-order chi connectivity index (χ1) is 17.0. The molecule has 1 saturated carbocycles. The molecule has 1 aliphatic rings. The third kappa shape index (κ3) is 7.38. The number of rotatable bonds is 11.